The van der Waals surface area contributed by atoms with E-state index in [9.17, 15) is 9.90 Å². The molecule has 0 saturated heterocycles. The Labute approximate surface area is 189 Å². The lowest BCUT2D eigenvalue weighted by Crippen LogP contribution is -2.34. The third-order valence-corrected chi connectivity index (χ3v) is 6.17. The summed E-state index contributed by atoms with van der Waals surface area (Å²) in [5, 5.41) is 16.2. The molecular formula is C26H30N4O2. The second-order valence-corrected chi connectivity index (χ2v) is 8.55. The molecule has 6 heteroatoms. The number of aromatic nitrogens is 1. The average Bonchev–Trinajstić information content (AvgIpc) is 2.82. The number of carboxylic acid groups (broad SMARTS) is 1. The highest BCUT2D eigenvalue weighted by atomic mass is 16.4. The highest BCUT2D eigenvalue weighted by molar-refractivity contribution is 5.93. The third-order valence-electron chi connectivity index (χ3n) is 6.17. The summed E-state index contributed by atoms with van der Waals surface area (Å²) >= 11 is 0. The van der Waals surface area contributed by atoms with Crippen molar-refractivity contribution in [1.82, 2.24) is 10.3 Å². The van der Waals surface area contributed by atoms with Crippen LogP contribution in [0.2, 0.25) is 0 Å². The van der Waals surface area contributed by atoms with Gasteiger partial charge in [0.1, 0.15) is 0 Å². The van der Waals surface area contributed by atoms with Gasteiger partial charge >= 0.3 is 5.97 Å². The molecule has 0 unspecified atom stereocenters. The fourth-order valence-corrected chi connectivity index (χ4v) is 4.20. The van der Waals surface area contributed by atoms with E-state index in [-0.39, 0.29) is 11.6 Å². The van der Waals surface area contributed by atoms with Crippen LogP contribution in [0.3, 0.4) is 0 Å². The van der Waals surface area contributed by atoms with Gasteiger partial charge in [0.25, 0.3) is 0 Å². The SMILES string of the molecule is CC(C)c1ccc(N(C)c2ccc3c(c2)CCN[C@H]3CNc2cnccc2C(=O)O)cc1. The molecule has 4 rings (SSSR count). The van der Waals surface area contributed by atoms with Crippen molar-refractivity contribution in [2.45, 2.75) is 32.2 Å². The molecule has 0 saturated carbocycles. The molecule has 2 heterocycles. The maximum Gasteiger partial charge on any atom is 0.337 e. The first-order valence-corrected chi connectivity index (χ1v) is 11.0. The van der Waals surface area contributed by atoms with Crippen molar-refractivity contribution < 1.29 is 9.90 Å². The molecule has 0 fully saturated rings. The van der Waals surface area contributed by atoms with Crippen LogP contribution in [0.25, 0.3) is 0 Å². The van der Waals surface area contributed by atoms with Crippen molar-refractivity contribution in [3.8, 4) is 0 Å². The van der Waals surface area contributed by atoms with Crippen molar-refractivity contribution in [2.75, 3.05) is 30.4 Å². The number of carbonyl (C=O) groups is 1. The Kier molecular flexibility index (Phi) is 6.42. The zero-order chi connectivity index (χ0) is 22.7. The van der Waals surface area contributed by atoms with E-state index in [4.69, 9.17) is 0 Å². The first-order valence-electron chi connectivity index (χ1n) is 11.0. The summed E-state index contributed by atoms with van der Waals surface area (Å²) in [5.74, 6) is -0.435. The maximum atomic E-state index is 11.5. The number of carboxylic acids is 1. The molecule has 3 N–H and O–H groups in total. The van der Waals surface area contributed by atoms with E-state index in [0.29, 0.717) is 18.2 Å². The molecule has 3 aromatic rings. The zero-order valence-electron chi connectivity index (χ0n) is 18.8. The predicted molar refractivity (Wildman–Crippen MR) is 129 cm³/mol. The molecule has 166 valence electrons. The van der Waals surface area contributed by atoms with Gasteiger partial charge in [-0.25, -0.2) is 4.79 Å². The largest absolute Gasteiger partial charge is 0.478 e. The summed E-state index contributed by atoms with van der Waals surface area (Å²) < 4.78 is 0. The summed E-state index contributed by atoms with van der Waals surface area (Å²) in [4.78, 5) is 17.7. The molecule has 1 aliphatic heterocycles. The van der Waals surface area contributed by atoms with E-state index in [1.54, 1.807) is 6.20 Å². The molecule has 0 radical (unpaired) electrons. The van der Waals surface area contributed by atoms with Crippen LogP contribution < -0.4 is 15.5 Å². The van der Waals surface area contributed by atoms with Gasteiger partial charge in [0.15, 0.2) is 0 Å². The Morgan fingerprint density at radius 3 is 2.66 bits per heavy atom. The Balaban J connectivity index is 1.51. The van der Waals surface area contributed by atoms with Gasteiger partial charge in [-0.15, -0.1) is 0 Å². The summed E-state index contributed by atoms with van der Waals surface area (Å²) in [5.41, 5.74) is 7.01. The quantitative estimate of drug-likeness (QED) is 0.491. The molecule has 0 spiro atoms. The molecule has 0 amide bonds. The van der Waals surface area contributed by atoms with Crippen LogP contribution in [-0.4, -0.2) is 36.2 Å². The lowest BCUT2D eigenvalue weighted by molar-refractivity contribution is 0.0697. The predicted octanol–water partition coefficient (Wildman–Crippen LogP) is 4.97. The number of nitrogens with one attached hydrogen (secondary N) is 2. The van der Waals surface area contributed by atoms with Gasteiger partial charge in [-0.05, 0) is 65.9 Å². The van der Waals surface area contributed by atoms with Gasteiger partial charge in [0.05, 0.1) is 17.4 Å². The van der Waals surface area contributed by atoms with Crippen molar-refractivity contribution >= 4 is 23.0 Å². The van der Waals surface area contributed by atoms with Crippen LogP contribution in [0, 0.1) is 0 Å². The molecule has 0 bridgehead atoms. The monoisotopic (exact) mass is 430 g/mol. The number of pyridine rings is 1. The van der Waals surface area contributed by atoms with Crippen molar-refractivity contribution in [2.24, 2.45) is 0 Å². The van der Waals surface area contributed by atoms with Gasteiger partial charge in [-0.2, -0.15) is 0 Å². The topological polar surface area (TPSA) is 77.5 Å². The second kappa shape index (κ2) is 9.40. The molecule has 1 aliphatic rings. The Morgan fingerprint density at radius 1 is 1.19 bits per heavy atom. The lowest BCUT2D eigenvalue weighted by Gasteiger charge is -2.29. The van der Waals surface area contributed by atoms with E-state index in [1.165, 1.54) is 34.6 Å². The van der Waals surface area contributed by atoms with Gasteiger partial charge in [-0.3, -0.25) is 4.98 Å². The van der Waals surface area contributed by atoms with E-state index >= 15 is 0 Å². The van der Waals surface area contributed by atoms with E-state index < -0.39 is 5.97 Å². The normalized spacial score (nSPS) is 15.3. The van der Waals surface area contributed by atoms with E-state index in [1.807, 2.05) is 0 Å². The molecule has 0 aliphatic carbocycles. The average molecular weight is 431 g/mol. The van der Waals surface area contributed by atoms with Crippen LogP contribution in [-0.2, 0) is 6.42 Å². The number of aromatic carboxylic acids is 1. The number of hydrogen-bond donors (Lipinski definition) is 3. The van der Waals surface area contributed by atoms with Crippen LogP contribution in [0.15, 0.2) is 60.9 Å². The standard InChI is InChI=1S/C26H30N4O2/c1-17(2)18-4-6-20(7-5-18)30(3)21-8-9-22-19(14-21)10-13-28-25(22)16-29-24-15-27-12-11-23(24)26(31)32/h4-9,11-12,14-15,17,25,28-29H,10,13,16H2,1-3H3,(H,31,32)/t25-/m0/s1. The maximum absolute atomic E-state index is 11.5. The molecule has 1 aromatic heterocycles. The van der Waals surface area contributed by atoms with Gasteiger partial charge in [-0.1, -0.05) is 32.0 Å². The van der Waals surface area contributed by atoms with Crippen molar-refractivity contribution in [3.05, 3.63) is 83.2 Å². The number of rotatable bonds is 7. The lowest BCUT2D eigenvalue weighted by atomic mass is 9.93. The number of anilines is 3. The fourth-order valence-electron chi connectivity index (χ4n) is 4.20. The Bertz CT molecular complexity index is 1100. The Morgan fingerprint density at radius 2 is 1.94 bits per heavy atom. The molecular weight excluding hydrogens is 400 g/mol. The highest BCUT2D eigenvalue weighted by Crippen LogP contribution is 2.31. The molecule has 6 nitrogen and oxygen atoms in total. The van der Waals surface area contributed by atoms with Gasteiger partial charge < -0.3 is 20.6 Å². The third kappa shape index (κ3) is 4.60. The van der Waals surface area contributed by atoms with Crippen LogP contribution in [0.1, 0.15) is 52.9 Å². The van der Waals surface area contributed by atoms with E-state index in [0.717, 1.165) is 18.7 Å². The van der Waals surface area contributed by atoms with Gasteiger partial charge in [0, 0.05) is 37.2 Å². The molecule has 32 heavy (non-hydrogen) atoms. The Hall–Kier alpha value is -3.38. The second-order valence-electron chi connectivity index (χ2n) is 8.55. The van der Waals surface area contributed by atoms with Crippen molar-refractivity contribution in [3.63, 3.8) is 0 Å². The summed E-state index contributed by atoms with van der Waals surface area (Å²) in [7, 11) is 2.10. The van der Waals surface area contributed by atoms with Gasteiger partial charge in [0.2, 0.25) is 0 Å². The van der Waals surface area contributed by atoms with Crippen LogP contribution in [0.5, 0.6) is 0 Å². The van der Waals surface area contributed by atoms with E-state index in [2.05, 4.69) is 83.9 Å². The minimum Gasteiger partial charge on any atom is -0.478 e. The molecule has 1 atom stereocenters. The first-order chi connectivity index (χ1) is 15.4. The number of nitrogens with zero attached hydrogens (tertiary/aromatic N) is 2. The zero-order valence-corrected chi connectivity index (χ0v) is 18.8. The fraction of sp³-hybridized carbons (Fsp3) is 0.308. The number of fused-ring (bicyclic) bond motifs is 1. The summed E-state index contributed by atoms with van der Waals surface area (Å²) in [6.07, 6.45) is 4.03. The number of benzene rings is 2. The minimum absolute atomic E-state index is 0.102. The molecule has 2 aromatic carbocycles. The summed E-state index contributed by atoms with van der Waals surface area (Å²) in [6, 6.07) is 17.0. The van der Waals surface area contributed by atoms with Crippen LogP contribution in [0.4, 0.5) is 17.1 Å². The smallest absolute Gasteiger partial charge is 0.337 e. The van der Waals surface area contributed by atoms with Crippen molar-refractivity contribution in [1.29, 1.82) is 0 Å². The highest BCUT2D eigenvalue weighted by Gasteiger charge is 2.21. The van der Waals surface area contributed by atoms with Crippen LogP contribution >= 0.6 is 0 Å². The summed E-state index contributed by atoms with van der Waals surface area (Å²) in [6.45, 7) is 5.88. The number of hydrogen-bond acceptors (Lipinski definition) is 5. The first kappa shape index (κ1) is 21.8. The minimum atomic E-state index is -0.957.